The van der Waals surface area contributed by atoms with Gasteiger partial charge in [0.05, 0.1) is 5.52 Å². The SMILES string of the molecule is CC[C@@H](Nc1nc(-c2ccncc2)nc2ccccc12)C(=O)O. The summed E-state index contributed by atoms with van der Waals surface area (Å²) in [5, 5.41) is 13.1. The number of para-hydroxylation sites is 1. The lowest BCUT2D eigenvalue weighted by Crippen LogP contribution is -2.28. The minimum Gasteiger partial charge on any atom is -0.480 e. The van der Waals surface area contributed by atoms with E-state index in [1.807, 2.05) is 43.3 Å². The smallest absolute Gasteiger partial charge is 0.326 e. The van der Waals surface area contributed by atoms with Gasteiger partial charge in [-0.25, -0.2) is 14.8 Å². The molecule has 0 spiro atoms. The van der Waals surface area contributed by atoms with Gasteiger partial charge in [-0.15, -0.1) is 0 Å². The maximum Gasteiger partial charge on any atom is 0.326 e. The highest BCUT2D eigenvalue weighted by atomic mass is 16.4. The van der Waals surface area contributed by atoms with Crippen molar-refractivity contribution in [1.29, 1.82) is 0 Å². The van der Waals surface area contributed by atoms with E-state index < -0.39 is 12.0 Å². The number of pyridine rings is 1. The van der Waals surface area contributed by atoms with Gasteiger partial charge in [0, 0.05) is 23.3 Å². The van der Waals surface area contributed by atoms with E-state index in [0.717, 1.165) is 16.5 Å². The van der Waals surface area contributed by atoms with E-state index in [1.165, 1.54) is 0 Å². The molecule has 0 saturated carbocycles. The molecule has 1 aromatic carbocycles. The minimum absolute atomic E-state index is 0.457. The molecule has 6 heteroatoms. The maximum atomic E-state index is 11.3. The third kappa shape index (κ3) is 3.11. The van der Waals surface area contributed by atoms with Gasteiger partial charge in [0.2, 0.25) is 0 Å². The standard InChI is InChI=1S/C17H16N4O2/c1-2-13(17(22)23)19-16-12-5-3-4-6-14(12)20-15(21-16)11-7-9-18-10-8-11/h3-10,13H,2H2,1H3,(H,22,23)(H,19,20,21)/t13-/m1/s1. The number of hydrogen-bond donors (Lipinski definition) is 2. The first-order valence-corrected chi connectivity index (χ1v) is 7.35. The van der Waals surface area contributed by atoms with E-state index in [0.29, 0.717) is 18.1 Å². The molecule has 2 aromatic heterocycles. The molecule has 0 unspecified atom stereocenters. The molecule has 23 heavy (non-hydrogen) atoms. The van der Waals surface area contributed by atoms with Crippen LogP contribution in [0.3, 0.4) is 0 Å². The van der Waals surface area contributed by atoms with Crippen LogP contribution in [0.5, 0.6) is 0 Å². The molecule has 3 rings (SSSR count). The first-order chi connectivity index (χ1) is 11.2. The van der Waals surface area contributed by atoms with E-state index in [-0.39, 0.29) is 0 Å². The van der Waals surface area contributed by atoms with Gasteiger partial charge in [0.15, 0.2) is 5.82 Å². The largest absolute Gasteiger partial charge is 0.480 e. The maximum absolute atomic E-state index is 11.3. The first-order valence-electron chi connectivity index (χ1n) is 7.35. The third-order valence-electron chi connectivity index (χ3n) is 3.56. The fourth-order valence-corrected chi connectivity index (χ4v) is 2.32. The monoisotopic (exact) mass is 308 g/mol. The summed E-state index contributed by atoms with van der Waals surface area (Å²) in [5.41, 5.74) is 1.59. The van der Waals surface area contributed by atoms with E-state index >= 15 is 0 Å². The minimum atomic E-state index is -0.902. The number of anilines is 1. The highest BCUT2D eigenvalue weighted by molar-refractivity contribution is 5.92. The number of aromatic nitrogens is 3. The van der Waals surface area contributed by atoms with E-state index in [2.05, 4.69) is 20.3 Å². The van der Waals surface area contributed by atoms with E-state index in [9.17, 15) is 9.90 Å². The number of carboxylic acid groups (broad SMARTS) is 1. The van der Waals surface area contributed by atoms with E-state index in [1.54, 1.807) is 12.4 Å². The number of fused-ring (bicyclic) bond motifs is 1. The summed E-state index contributed by atoms with van der Waals surface area (Å²) in [6.07, 6.45) is 3.80. The van der Waals surface area contributed by atoms with Crippen molar-refractivity contribution in [2.75, 3.05) is 5.32 Å². The zero-order valence-electron chi connectivity index (χ0n) is 12.6. The normalized spacial score (nSPS) is 12.0. The molecule has 0 aliphatic carbocycles. The highest BCUT2D eigenvalue weighted by Crippen LogP contribution is 2.25. The molecule has 0 aliphatic rings. The molecule has 116 valence electrons. The van der Waals surface area contributed by atoms with Crippen molar-refractivity contribution in [3.05, 3.63) is 48.8 Å². The quantitative estimate of drug-likeness (QED) is 0.753. The van der Waals surface area contributed by atoms with Crippen molar-refractivity contribution in [1.82, 2.24) is 15.0 Å². The topological polar surface area (TPSA) is 88.0 Å². The van der Waals surface area contributed by atoms with Gasteiger partial charge in [-0.05, 0) is 30.7 Å². The van der Waals surface area contributed by atoms with Gasteiger partial charge in [-0.1, -0.05) is 19.1 Å². The van der Waals surface area contributed by atoms with Gasteiger partial charge >= 0.3 is 5.97 Å². The molecule has 1 atom stereocenters. The number of carbonyl (C=O) groups is 1. The van der Waals surface area contributed by atoms with Crippen LogP contribution < -0.4 is 5.32 Å². The van der Waals surface area contributed by atoms with Gasteiger partial charge in [-0.3, -0.25) is 4.98 Å². The predicted octanol–water partition coefficient (Wildman–Crippen LogP) is 2.97. The molecule has 0 saturated heterocycles. The zero-order chi connectivity index (χ0) is 16.2. The number of aliphatic carboxylic acids is 1. The van der Waals surface area contributed by atoms with Gasteiger partial charge in [-0.2, -0.15) is 0 Å². The zero-order valence-corrected chi connectivity index (χ0v) is 12.6. The van der Waals surface area contributed by atoms with Gasteiger partial charge < -0.3 is 10.4 Å². The van der Waals surface area contributed by atoms with Crippen molar-refractivity contribution >= 4 is 22.7 Å². The van der Waals surface area contributed by atoms with Crippen molar-refractivity contribution in [2.24, 2.45) is 0 Å². The van der Waals surface area contributed by atoms with Crippen LogP contribution in [0.4, 0.5) is 5.82 Å². The summed E-state index contributed by atoms with van der Waals surface area (Å²) in [4.78, 5) is 24.4. The van der Waals surface area contributed by atoms with Crippen LogP contribution in [0.15, 0.2) is 48.8 Å². The summed E-state index contributed by atoms with van der Waals surface area (Å²) in [5.74, 6) is 0.158. The Bertz CT molecular complexity index is 836. The van der Waals surface area contributed by atoms with Crippen molar-refractivity contribution < 1.29 is 9.90 Å². The fraction of sp³-hybridized carbons (Fsp3) is 0.176. The molecular formula is C17H16N4O2. The van der Waals surface area contributed by atoms with Crippen molar-refractivity contribution in [3.8, 4) is 11.4 Å². The fourth-order valence-electron chi connectivity index (χ4n) is 2.32. The average Bonchev–Trinajstić information content (AvgIpc) is 2.59. The molecule has 0 radical (unpaired) electrons. The van der Waals surface area contributed by atoms with Crippen LogP contribution in [-0.2, 0) is 4.79 Å². The molecule has 0 bridgehead atoms. The average molecular weight is 308 g/mol. The van der Waals surface area contributed by atoms with Crippen LogP contribution in [0, 0.1) is 0 Å². The van der Waals surface area contributed by atoms with E-state index in [4.69, 9.17) is 0 Å². The summed E-state index contributed by atoms with van der Waals surface area (Å²) in [6, 6.07) is 10.5. The summed E-state index contributed by atoms with van der Waals surface area (Å²) >= 11 is 0. The van der Waals surface area contributed by atoms with Gasteiger partial charge in [0.25, 0.3) is 0 Å². The Hall–Kier alpha value is -3.02. The number of hydrogen-bond acceptors (Lipinski definition) is 5. The van der Waals surface area contributed by atoms with Crippen LogP contribution in [0.2, 0.25) is 0 Å². The molecule has 0 fully saturated rings. The molecule has 3 aromatic rings. The summed E-state index contributed by atoms with van der Waals surface area (Å²) in [7, 11) is 0. The second-order valence-corrected chi connectivity index (χ2v) is 5.09. The number of nitrogens with zero attached hydrogens (tertiary/aromatic N) is 3. The lowest BCUT2D eigenvalue weighted by molar-refractivity contribution is -0.137. The lowest BCUT2D eigenvalue weighted by Gasteiger charge is -2.15. The summed E-state index contributed by atoms with van der Waals surface area (Å²) in [6.45, 7) is 1.82. The van der Waals surface area contributed by atoms with Crippen LogP contribution in [-0.4, -0.2) is 32.1 Å². The number of rotatable bonds is 5. The molecule has 0 amide bonds. The van der Waals surface area contributed by atoms with Crippen LogP contribution in [0.1, 0.15) is 13.3 Å². The van der Waals surface area contributed by atoms with Crippen LogP contribution in [0.25, 0.3) is 22.3 Å². The van der Waals surface area contributed by atoms with Gasteiger partial charge in [0.1, 0.15) is 11.9 Å². The Morgan fingerprint density at radius 2 is 1.91 bits per heavy atom. The molecule has 2 heterocycles. The molecule has 2 N–H and O–H groups in total. The third-order valence-corrected chi connectivity index (χ3v) is 3.56. The second-order valence-electron chi connectivity index (χ2n) is 5.09. The van der Waals surface area contributed by atoms with Crippen molar-refractivity contribution in [3.63, 3.8) is 0 Å². The Labute approximate surface area is 133 Å². The highest BCUT2D eigenvalue weighted by Gasteiger charge is 2.17. The Morgan fingerprint density at radius 3 is 2.61 bits per heavy atom. The molecule has 0 aliphatic heterocycles. The second kappa shape index (κ2) is 6.39. The predicted molar refractivity (Wildman–Crippen MR) is 88.1 cm³/mol. The number of benzene rings is 1. The first kappa shape index (κ1) is 14.9. The lowest BCUT2D eigenvalue weighted by atomic mass is 10.1. The Morgan fingerprint density at radius 1 is 1.17 bits per heavy atom. The van der Waals surface area contributed by atoms with Crippen molar-refractivity contribution in [2.45, 2.75) is 19.4 Å². The Balaban J connectivity index is 2.13. The Kier molecular flexibility index (Phi) is 4.14. The molecule has 6 nitrogen and oxygen atoms in total. The van der Waals surface area contributed by atoms with Crippen LogP contribution >= 0.6 is 0 Å². The number of nitrogens with one attached hydrogen (secondary N) is 1. The summed E-state index contributed by atoms with van der Waals surface area (Å²) < 4.78 is 0. The number of carboxylic acids is 1. The molecular weight excluding hydrogens is 292 g/mol.